The maximum atomic E-state index is 11.2. The summed E-state index contributed by atoms with van der Waals surface area (Å²) >= 11 is 0. The highest BCUT2D eigenvalue weighted by Crippen LogP contribution is 2.74. The van der Waals surface area contributed by atoms with Crippen molar-refractivity contribution in [1.82, 2.24) is 0 Å². The lowest BCUT2D eigenvalue weighted by Crippen LogP contribution is -2.66. The molecule has 2 bridgehead atoms. The summed E-state index contributed by atoms with van der Waals surface area (Å²) in [6.07, 6.45) is 2.94. The predicted molar refractivity (Wildman–Crippen MR) is 78.3 cm³/mol. The Morgan fingerprint density at radius 3 is 2.11 bits per heavy atom. The second kappa shape index (κ2) is 3.76. The highest BCUT2D eigenvalue weighted by atomic mass is 35.7. The highest BCUT2D eigenvalue weighted by molar-refractivity contribution is 8.13. The molecule has 0 amide bonds. The topological polar surface area (TPSA) is 34.1 Å². The molecule has 4 rings (SSSR count). The second-order valence-corrected chi connectivity index (χ2v) is 9.52. The van der Waals surface area contributed by atoms with Crippen molar-refractivity contribution in [3.63, 3.8) is 0 Å². The van der Waals surface area contributed by atoms with E-state index in [1.807, 2.05) is 0 Å². The fourth-order valence-electron chi connectivity index (χ4n) is 4.33. The average Bonchev–Trinajstić information content (AvgIpc) is 2.14. The molecule has 3 saturated carbocycles. The van der Waals surface area contributed by atoms with Crippen molar-refractivity contribution < 1.29 is 8.42 Å². The first kappa shape index (κ1) is 13.4. The van der Waals surface area contributed by atoms with Gasteiger partial charge in [0.1, 0.15) is 0 Å². The molecule has 2 nitrogen and oxygen atoms in total. The van der Waals surface area contributed by atoms with Crippen LogP contribution in [0.4, 0.5) is 0 Å². The normalized spacial score (nSPS) is 32.6. The molecule has 0 saturated heterocycles. The van der Waals surface area contributed by atoms with Crippen LogP contribution in [0.15, 0.2) is 12.1 Å². The molecule has 1 aromatic carbocycles. The van der Waals surface area contributed by atoms with Gasteiger partial charge in [-0.2, -0.15) is 0 Å². The highest BCUT2D eigenvalue weighted by Gasteiger charge is 2.69. The van der Waals surface area contributed by atoms with Crippen molar-refractivity contribution in [2.45, 2.75) is 45.4 Å². The van der Waals surface area contributed by atoms with Crippen LogP contribution in [-0.4, -0.2) is 14.2 Å². The molecule has 0 spiro atoms. The van der Waals surface area contributed by atoms with Gasteiger partial charge in [0.15, 0.2) is 0 Å². The summed E-state index contributed by atoms with van der Waals surface area (Å²) in [6, 6.07) is 4.54. The molecule has 0 unspecified atom stereocenters. The van der Waals surface area contributed by atoms with Crippen LogP contribution in [0.2, 0.25) is 0 Å². The second-order valence-electron chi connectivity index (χ2n) is 6.75. The molecule has 0 N–H and O–H groups in total. The van der Waals surface area contributed by atoms with Gasteiger partial charge in [0.05, 0.1) is 5.75 Å². The minimum absolute atomic E-state index is 0.0220. The van der Waals surface area contributed by atoms with Crippen molar-refractivity contribution in [3.8, 4) is 0 Å². The van der Waals surface area contributed by atoms with Gasteiger partial charge in [0, 0.05) is 10.7 Å². The van der Waals surface area contributed by atoms with Crippen molar-refractivity contribution in [1.29, 1.82) is 0 Å². The summed E-state index contributed by atoms with van der Waals surface area (Å²) in [5.41, 5.74) is 5.63. The van der Waals surface area contributed by atoms with Crippen molar-refractivity contribution in [2.24, 2.45) is 5.41 Å². The Morgan fingerprint density at radius 2 is 1.58 bits per heavy atom. The Morgan fingerprint density at radius 1 is 1.05 bits per heavy atom. The van der Waals surface area contributed by atoms with Gasteiger partial charge in [0.25, 0.3) is 0 Å². The number of aryl methyl sites for hydroxylation is 3. The third-order valence-corrected chi connectivity index (χ3v) is 6.32. The molecule has 19 heavy (non-hydrogen) atoms. The molecule has 3 aliphatic carbocycles. The number of benzene rings is 1. The average molecular weight is 299 g/mol. The van der Waals surface area contributed by atoms with Crippen LogP contribution in [0.1, 0.15) is 41.5 Å². The Kier molecular flexibility index (Phi) is 2.66. The minimum atomic E-state index is -3.37. The van der Waals surface area contributed by atoms with E-state index in [-0.39, 0.29) is 16.6 Å². The third-order valence-electron chi connectivity index (χ3n) is 5.03. The quantitative estimate of drug-likeness (QED) is 0.799. The van der Waals surface area contributed by atoms with Gasteiger partial charge in [-0.25, -0.2) is 8.42 Å². The molecule has 0 heterocycles. The first-order valence-corrected chi connectivity index (χ1v) is 9.13. The summed E-state index contributed by atoms with van der Waals surface area (Å²) in [7, 11) is 2.03. The molecule has 0 aliphatic heterocycles. The first-order chi connectivity index (χ1) is 8.65. The summed E-state index contributed by atoms with van der Waals surface area (Å²) in [5, 5.41) is 0. The van der Waals surface area contributed by atoms with Crippen LogP contribution >= 0.6 is 10.7 Å². The van der Waals surface area contributed by atoms with E-state index in [0.717, 1.165) is 19.3 Å². The lowest BCUT2D eigenvalue weighted by molar-refractivity contribution is -0.122. The van der Waals surface area contributed by atoms with E-state index >= 15 is 0 Å². The molecule has 0 aromatic heterocycles. The van der Waals surface area contributed by atoms with Gasteiger partial charge in [-0.05, 0) is 73.1 Å². The number of hydrogen-bond donors (Lipinski definition) is 0. The smallest absolute Gasteiger partial charge is 0.212 e. The molecule has 1 aromatic rings. The largest absolute Gasteiger partial charge is 0.233 e. The Balaban J connectivity index is 1.84. The Bertz CT molecular complexity index is 641. The van der Waals surface area contributed by atoms with Crippen LogP contribution < -0.4 is 0 Å². The van der Waals surface area contributed by atoms with E-state index < -0.39 is 9.05 Å². The molecule has 0 atom stereocenters. The summed E-state index contributed by atoms with van der Waals surface area (Å²) in [6.45, 7) is 6.44. The van der Waals surface area contributed by atoms with E-state index in [0.29, 0.717) is 0 Å². The maximum Gasteiger partial charge on any atom is 0.233 e. The minimum Gasteiger partial charge on any atom is -0.212 e. The SMILES string of the molecule is Cc1cc(C)c(C23CC(CS(=O)(=O)Cl)(C2)C3)cc1C. The molecule has 104 valence electrons. The molecule has 4 heteroatoms. The van der Waals surface area contributed by atoms with Gasteiger partial charge in [-0.15, -0.1) is 0 Å². The van der Waals surface area contributed by atoms with Gasteiger partial charge in [0.2, 0.25) is 9.05 Å². The van der Waals surface area contributed by atoms with E-state index in [9.17, 15) is 8.42 Å². The van der Waals surface area contributed by atoms with Gasteiger partial charge in [-0.3, -0.25) is 0 Å². The van der Waals surface area contributed by atoms with Crippen molar-refractivity contribution in [3.05, 3.63) is 34.4 Å². The van der Waals surface area contributed by atoms with Crippen LogP contribution in [0.25, 0.3) is 0 Å². The zero-order valence-corrected chi connectivity index (χ0v) is 13.2. The monoisotopic (exact) mass is 298 g/mol. The third kappa shape index (κ3) is 2.02. The Labute approximate surface area is 119 Å². The van der Waals surface area contributed by atoms with E-state index in [1.54, 1.807) is 0 Å². The summed E-state index contributed by atoms with van der Waals surface area (Å²) in [4.78, 5) is 0. The molecular formula is C15H19ClO2S. The fourth-order valence-corrected chi connectivity index (χ4v) is 6.07. The van der Waals surface area contributed by atoms with Crippen LogP contribution in [-0.2, 0) is 14.5 Å². The summed E-state index contributed by atoms with van der Waals surface area (Å²) < 4.78 is 22.5. The van der Waals surface area contributed by atoms with Gasteiger partial charge >= 0.3 is 0 Å². The lowest BCUT2D eigenvalue weighted by Gasteiger charge is -2.71. The standard InChI is InChI=1S/C15H19ClO2S/c1-10-4-12(3)13(5-11(10)2)15-6-14(7-15,8-15)9-19(16,17)18/h4-5H,6-9H2,1-3H3. The van der Waals surface area contributed by atoms with Gasteiger partial charge < -0.3 is 0 Å². The Hall–Kier alpha value is -0.540. The van der Waals surface area contributed by atoms with E-state index in [2.05, 4.69) is 32.9 Å². The molecule has 0 radical (unpaired) electrons. The molecular weight excluding hydrogens is 280 g/mol. The molecule has 3 fully saturated rings. The number of hydrogen-bond acceptors (Lipinski definition) is 2. The zero-order chi connectivity index (χ0) is 14.1. The lowest BCUT2D eigenvalue weighted by atomic mass is 9.34. The van der Waals surface area contributed by atoms with Crippen molar-refractivity contribution in [2.75, 3.05) is 5.75 Å². The fraction of sp³-hybridized carbons (Fsp3) is 0.600. The summed E-state index contributed by atoms with van der Waals surface area (Å²) in [5.74, 6) is 0.146. The first-order valence-electron chi connectivity index (χ1n) is 6.66. The van der Waals surface area contributed by atoms with Crippen LogP contribution in [0.5, 0.6) is 0 Å². The van der Waals surface area contributed by atoms with Crippen LogP contribution in [0.3, 0.4) is 0 Å². The predicted octanol–water partition coefficient (Wildman–Crippen LogP) is 3.60. The maximum absolute atomic E-state index is 11.2. The van der Waals surface area contributed by atoms with E-state index in [1.165, 1.54) is 22.3 Å². The van der Waals surface area contributed by atoms with Crippen molar-refractivity contribution >= 4 is 19.7 Å². The number of halogens is 1. The van der Waals surface area contributed by atoms with Gasteiger partial charge in [-0.1, -0.05) is 12.1 Å². The van der Waals surface area contributed by atoms with Crippen LogP contribution in [0, 0.1) is 26.2 Å². The van der Waals surface area contributed by atoms with E-state index in [4.69, 9.17) is 10.7 Å². The zero-order valence-electron chi connectivity index (χ0n) is 11.6. The number of rotatable bonds is 3. The molecule has 3 aliphatic rings.